The molecule has 1 atom stereocenters. The van der Waals surface area contributed by atoms with Crippen LogP contribution in [0.5, 0.6) is 0 Å². The third kappa shape index (κ3) is 3.95. The molecule has 0 bridgehead atoms. The number of nitrogens with one attached hydrogen (secondary N) is 1. The molecule has 1 fully saturated rings. The van der Waals surface area contributed by atoms with Crippen molar-refractivity contribution in [2.45, 2.75) is 13.0 Å². The lowest BCUT2D eigenvalue weighted by atomic mass is 10.3. The van der Waals surface area contributed by atoms with Crippen molar-refractivity contribution in [2.75, 3.05) is 38.2 Å². The molecule has 1 aliphatic heterocycles. The Hall–Kier alpha value is -1.15. The van der Waals surface area contributed by atoms with E-state index in [-0.39, 0.29) is 37.1 Å². The zero-order chi connectivity index (χ0) is 13.8. The lowest BCUT2D eigenvalue weighted by molar-refractivity contribution is -0.149. The zero-order valence-electron chi connectivity index (χ0n) is 10.5. The number of carbonyl (C=O) groups excluding carboxylic acids is 2. The number of hydrogen-bond acceptors (Lipinski definition) is 6. The first kappa shape index (κ1) is 14.9. The Kier molecular flexibility index (Phi) is 5.09. The molecule has 0 aliphatic carbocycles. The Bertz CT molecular complexity index is 420. The molecule has 1 aliphatic rings. The Balaban J connectivity index is 2.79. The molecule has 7 nitrogen and oxygen atoms in total. The van der Waals surface area contributed by atoms with E-state index in [0.717, 1.165) is 0 Å². The van der Waals surface area contributed by atoms with Gasteiger partial charge in [0, 0.05) is 6.54 Å². The van der Waals surface area contributed by atoms with Crippen LogP contribution < -0.4 is 5.32 Å². The summed E-state index contributed by atoms with van der Waals surface area (Å²) < 4.78 is 28.0. The first-order chi connectivity index (χ1) is 8.39. The number of rotatable bonds is 4. The van der Waals surface area contributed by atoms with Gasteiger partial charge in [-0.25, -0.2) is 8.42 Å². The Morgan fingerprint density at radius 3 is 2.78 bits per heavy atom. The lowest BCUT2D eigenvalue weighted by Crippen LogP contribution is -2.47. The molecule has 0 radical (unpaired) electrons. The van der Waals surface area contributed by atoms with Crippen molar-refractivity contribution in [1.29, 1.82) is 0 Å². The highest BCUT2D eigenvalue weighted by Crippen LogP contribution is 2.07. The maximum atomic E-state index is 12.0. The number of esters is 1. The molecule has 8 heteroatoms. The summed E-state index contributed by atoms with van der Waals surface area (Å²) in [4.78, 5) is 24.6. The first-order valence-corrected chi connectivity index (χ1v) is 7.54. The molecule has 1 heterocycles. The van der Waals surface area contributed by atoms with Gasteiger partial charge >= 0.3 is 5.97 Å². The highest BCUT2D eigenvalue weighted by atomic mass is 32.2. The van der Waals surface area contributed by atoms with Gasteiger partial charge in [-0.3, -0.25) is 9.59 Å². The molecule has 1 saturated heterocycles. The number of hydrogen-bond donors (Lipinski definition) is 1. The van der Waals surface area contributed by atoms with Crippen LogP contribution in [0.15, 0.2) is 0 Å². The summed E-state index contributed by atoms with van der Waals surface area (Å²) in [5.41, 5.74) is 0. The van der Waals surface area contributed by atoms with Crippen molar-refractivity contribution in [3.63, 3.8) is 0 Å². The third-order valence-corrected chi connectivity index (χ3v) is 4.32. The Labute approximate surface area is 106 Å². The molecular weight excluding hydrogens is 260 g/mol. The SMILES string of the molecule is CCOC(=O)CN1CCS(=O)(=O)CC(NC)C1=O. The molecule has 1 N–H and O–H groups in total. The monoisotopic (exact) mass is 278 g/mol. The molecular formula is C10H18N2O5S. The normalized spacial score (nSPS) is 23.6. The predicted molar refractivity (Wildman–Crippen MR) is 64.7 cm³/mol. The fourth-order valence-corrected chi connectivity index (χ4v) is 3.20. The highest BCUT2D eigenvalue weighted by molar-refractivity contribution is 7.91. The summed E-state index contributed by atoms with van der Waals surface area (Å²) in [6, 6.07) is -0.799. The van der Waals surface area contributed by atoms with Crippen LogP contribution in [0.4, 0.5) is 0 Å². The first-order valence-electron chi connectivity index (χ1n) is 5.71. The van der Waals surface area contributed by atoms with E-state index in [1.165, 1.54) is 11.9 Å². The Morgan fingerprint density at radius 2 is 2.22 bits per heavy atom. The second-order valence-corrected chi connectivity index (χ2v) is 6.25. The fourth-order valence-electron chi connectivity index (χ4n) is 1.71. The highest BCUT2D eigenvalue weighted by Gasteiger charge is 2.33. The van der Waals surface area contributed by atoms with Crippen LogP contribution in [0.1, 0.15) is 6.92 Å². The summed E-state index contributed by atoms with van der Waals surface area (Å²) in [7, 11) is -1.75. The van der Waals surface area contributed by atoms with Crippen molar-refractivity contribution >= 4 is 21.7 Å². The molecule has 0 aromatic heterocycles. The average Bonchev–Trinajstić information content (AvgIpc) is 2.40. The lowest BCUT2D eigenvalue weighted by Gasteiger charge is -2.22. The van der Waals surface area contributed by atoms with Crippen molar-refractivity contribution < 1.29 is 22.7 Å². The molecule has 1 rings (SSSR count). The minimum absolute atomic E-state index is 0.0260. The van der Waals surface area contributed by atoms with Gasteiger partial charge in [0.15, 0.2) is 9.84 Å². The van der Waals surface area contributed by atoms with Gasteiger partial charge in [0.2, 0.25) is 5.91 Å². The van der Waals surface area contributed by atoms with E-state index < -0.39 is 21.8 Å². The standard InChI is InChI=1S/C10H18N2O5S/c1-3-17-9(13)6-12-4-5-18(15,16)7-8(11-2)10(12)14/h8,11H,3-7H2,1-2H3. The van der Waals surface area contributed by atoms with Crippen LogP contribution in [0.25, 0.3) is 0 Å². The van der Waals surface area contributed by atoms with E-state index in [9.17, 15) is 18.0 Å². The molecule has 0 aromatic rings. The molecule has 0 spiro atoms. The van der Waals surface area contributed by atoms with E-state index in [1.807, 2.05) is 0 Å². The van der Waals surface area contributed by atoms with Crippen molar-refractivity contribution in [3.8, 4) is 0 Å². The summed E-state index contributed by atoms with van der Waals surface area (Å²) in [5, 5.41) is 2.66. The van der Waals surface area contributed by atoms with Gasteiger partial charge in [0.05, 0.1) is 18.1 Å². The van der Waals surface area contributed by atoms with Gasteiger partial charge in [-0.2, -0.15) is 0 Å². The maximum absolute atomic E-state index is 12.0. The molecule has 1 amide bonds. The van der Waals surface area contributed by atoms with Crippen LogP contribution >= 0.6 is 0 Å². The fraction of sp³-hybridized carbons (Fsp3) is 0.800. The minimum Gasteiger partial charge on any atom is -0.465 e. The number of likely N-dealkylation sites (N-methyl/N-ethyl adjacent to an activating group) is 1. The van der Waals surface area contributed by atoms with E-state index in [0.29, 0.717) is 0 Å². The van der Waals surface area contributed by atoms with Crippen molar-refractivity contribution in [1.82, 2.24) is 10.2 Å². The van der Waals surface area contributed by atoms with Gasteiger partial charge in [-0.15, -0.1) is 0 Å². The maximum Gasteiger partial charge on any atom is 0.325 e. The van der Waals surface area contributed by atoms with Crippen molar-refractivity contribution in [3.05, 3.63) is 0 Å². The molecule has 0 saturated carbocycles. The van der Waals surface area contributed by atoms with E-state index in [4.69, 9.17) is 4.74 Å². The minimum atomic E-state index is -3.27. The number of nitrogens with zero attached hydrogens (tertiary/aromatic N) is 1. The molecule has 1 unspecified atom stereocenters. The summed E-state index contributed by atoms with van der Waals surface area (Å²) in [6.45, 7) is 1.72. The molecule has 104 valence electrons. The Morgan fingerprint density at radius 1 is 1.56 bits per heavy atom. The summed E-state index contributed by atoms with van der Waals surface area (Å²) in [6.07, 6.45) is 0. The number of sulfone groups is 1. The van der Waals surface area contributed by atoms with Gasteiger partial charge < -0.3 is 15.0 Å². The average molecular weight is 278 g/mol. The zero-order valence-corrected chi connectivity index (χ0v) is 11.3. The van der Waals surface area contributed by atoms with Crippen LogP contribution in [0.3, 0.4) is 0 Å². The summed E-state index contributed by atoms with van der Waals surface area (Å²) in [5.74, 6) is -1.27. The van der Waals surface area contributed by atoms with E-state index >= 15 is 0 Å². The van der Waals surface area contributed by atoms with Gasteiger partial charge in [0.25, 0.3) is 0 Å². The molecule has 0 aromatic carbocycles. The van der Waals surface area contributed by atoms with Gasteiger partial charge in [0.1, 0.15) is 12.6 Å². The second-order valence-electron chi connectivity index (χ2n) is 4.02. The van der Waals surface area contributed by atoms with Gasteiger partial charge in [-0.05, 0) is 14.0 Å². The second kappa shape index (κ2) is 6.14. The number of amides is 1. The molecule has 18 heavy (non-hydrogen) atoms. The smallest absolute Gasteiger partial charge is 0.325 e. The van der Waals surface area contributed by atoms with Crippen molar-refractivity contribution in [2.24, 2.45) is 0 Å². The third-order valence-electron chi connectivity index (χ3n) is 2.68. The van der Waals surface area contributed by atoms with E-state index in [2.05, 4.69) is 5.32 Å². The largest absolute Gasteiger partial charge is 0.465 e. The van der Waals surface area contributed by atoms with E-state index in [1.54, 1.807) is 6.92 Å². The number of carbonyl (C=O) groups is 2. The number of ether oxygens (including phenoxy) is 1. The van der Waals surface area contributed by atoms with Crippen LogP contribution in [0, 0.1) is 0 Å². The van der Waals surface area contributed by atoms with Crippen LogP contribution in [-0.2, 0) is 24.2 Å². The quantitative estimate of drug-likeness (QED) is 0.622. The van der Waals surface area contributed by atoms with Crippen LogP contribution in [0.2, 0.25) is 0 Å². The van der Waals surface area contributed by atoms with Crippen LogP contribution in [-0.4, -0.2) is 69.5 Å². The topological polar surface area (TPSA) is 92.8 Å². The predicted octanol–water partition coefficient (Wildman–Crippen LogP) is -1.61. The summed E-state index contributed by atoms with van der Waals surface area (Å²) >= 11 is 0. The van der Waals surface area contributed by atoms with Gasteiger partial charge in [-0.1, -0.05) is 0 Å².